The van der Waals surface area contributed by atoms with Crippen molar-refractivity contribution in [3.63, 3.8) is 0 Å². The lowest BCUT2D eigenvalue weighted by Gasteiger charge is -2.27. The smallest absolute Gasteiger partial charge is 0.150 e. The van der Waals surface area contributed by atoms with E-state index in [1.165, 1.54) is 16.0 Å². The standard InChI is InChI=1S/C25H22N2OS/c26-25-24(23-19(16-28)11-10-18-8-4-5-9-20(18)23)21-12-13-27(15-22(21)29-25)14-17-6-2-1-3-7-17/h1-11,16H,12-15,26H2. The fourth-order valence-corrected chi connectivity index (χ4v) is 5.56. The first-order chi connectivity index (χ1) is 14.2. The van der Waals surface area contributed by atoms with Crippen molar-refractivity contribution in [2.24, 2.45) is 0 Å². The maximum Gasteiger partial charge on any atom is 0.150 e. The molecule has 0 spiro atoms. The Hall–Kier alpha value is -2.95. The highest BCUT2D eigenvalue weighted by Crippen LogP contribution is 2.45. The fourth-order valence-electron chi connectivity index (χ4n) is 4.39. The summed E-state index contributed by atoms with van der Waals surface area (Å²) in [6.07, 6.45) is 1.91. The van der Waals surface area contributed by atoms with Gasteiger partial charge in [-0.05, 0) is 28.3 Å². The lowest BCUT2D eigenvalue weighted by Crippen LogP contribution is -2.29. The van der Waals surface area contributed by atoms with Gasteiger partial charge >= 0.3 is 0 Å². The van der Waals surface area contributed by atoms with Crippen molar-refractivity contribution in [2.45, 2.75) is 19.5 Å². The Labute approximate surface area is 174 Å². The second-order valence-corrected chi connectivity index (χ2v) is 8.69. The molecule has 29 heavy (non-hydrogen) atoms. The summed E-state index contributed by atoms with van der Waals surface area (Å²) in [7, 11) is 0. The van der Waals surface area contributed by atoms with Crippen molar-refractivity contribution in [1.82, 2.24) is 4.90 Å². The minimum atomic E-state index is 0.711. The monoisotopic (exact) mass is 398 g/mol. The summed E-state index contributed by atoms with van der Waals surface area (Å²) in [5, 5.41) is 3.04. The zero-order valence-corrected chi connectivity index (χ0v) is 16.9. The number of carbonyl (C=O) groups excluding carboxylic acids is 1. The first kappa shape index (κ1) is 18.1. The molecule has 0 saturated heterocycles. The topological polar surface area (TPSA) is 46.3 Å². The van der Waals surface area contributed by atoms with Crippen molar-refractivity contribution >= 4 is 33.4 Å². The number of rotatable bonds is 4. The molecule has 0 radical (unpaired) electrons. The molecule has 0 unspecified atom stereocenters. The quantitative estimate of drug-likeness (QED) is 0.460. The van der Waals surface area contributed by atoms with Crippen LogP contribution in [-0.2, 0) is 19.5 Å². The minimum Gasteiger partial charge on any atom is -0.390 e. The third kappa shape index (κ3) is 3.24. The first-order valence-electron chi connectivity index (χ1n) is 9.88. The van der Waals surface area contributed by atoms with Crippen molar-refractivity contribution in [1.29, 1.82) is 0 Å². The molecule has 1 aromatic heterocycles. The second kappa shape index (κ2) is 7.47. The van der Waals surface area contributed by atoms with Crippen molar-refractivity contribution in [3.8, 4) is 11.1 Å². The third-order valence-corrected chi connectivity index (χ3v) is 6.80. The third-order valence-electron chi connectivity index (χ3n) is 5.75. The molecule has 5 rings (SSSR count). The highest BCUT2D eigenvalue weighted by Gasteiger charge is 2.26. The normalized spacial score (nSPS) is 14.1. The van der Waals surface area contributed by atoms with Crippen LogP contribution in [0.5, 0.6) is 0 Å². The molecule has 144 valence electrons. The number of carbonyl (C=O) groups is 1. The van der Waals surface area contributed by atoms with Crippen LogP contribution < -0.4 is 5.73 Å². The summed E-state index contributed by atoms with van der Waals surface area (Å²) >= 11 is 1.67. The van der Waals surface area contributed by atoms with Crippen LogP contribution >= 0.6 is 11.3 Å². The molecule has 0 amide bonds. The van der Waals surface area contributed by atoms with E-state index in [2.05, 4.69) is 47.4 Å². The van der Waals surface area contributed by atoms with E-state index in [9.17, 15) is 4.79 Å². The van der Waals surface area contributed by atoms with Crippen molar-refractivity contribution < 1.29 is 4.79 Å². The molecule has 0 bridgehead atoms. The van der Waals surface area contributed by atoms with Crippen LogP contribution in [0.1, 0.15) is 26.4 Å². The fraction of sp³-hybridized carbons (Fsp3) is 0.160. The van der Waals surface area contributed by atoms with Gasteiger partial charge in [-0.25, -0.2) is 0 Å². The Morgan fingerprint density at radius 1 is 0.966 bits per heavy atom. The van der Waals surface area contributed by atoms with E-state index < -0.39 is 0 Å². The minimum absolute atomic E-state index is 0.711. The predicted octanol–water partition coefficient (Wildman–Crippen LogP) is 5.52. The van der Waals surface area contributed by atoms with Gasteiger partial charge in [0, 0.05) is 41.2 Å². The Balaban J connectivity index is 1.57. The van der Waals surface area contributed by atoms with Gasteiger partial charge in [-0.2, -0.15) is 0 Å². The molecule has 0 atom stereocenters. The molecule has 4 heteroatoms. The van der Waals surface area contributed by atoms with E-state index in [4.69, 9.17) is 5.73 Å². The average Bonchev–Trinajstić information content (AvgIpc) is 3.08. The predicted molar refractivity (Wildman–Crippen MR) is 121 cm³/mol. The lowest BCUT2D eigenvalue weighted by molar-refractivity contribution is 0.112. The molecule has 3 aromatic carbocycles. The molecule has 1 aliphatic heterocycles. The Morgan fingerprint density at radius 3 is 2.59 bits per heavy atom. The number of nitrogens with two attached hydrogens (primary N) is 1. The van der Waals surface area contributed by atoms with E-state index in [0.29, 0.717) is 5.56 Å². The van der Waals surface area contributed by atoms with Gasteiger partial charge in [0.2, 0.25) is 0 Å². The molecule has 0 fully saturated rings. The highest BCUT2D eigenvalue weighted by atomic mass is 32.1. The molecule has 2 N–H and O–H groups in total. The zero-order chi connectivity index (χ0) is 19.8. The van der Waals surface area contributed by atoms with Crippen LogP contribution in [0.25, 0.3) is 21.9 Å². The number of fused-ring (bicyclic) bond motifs is 2. The Morgan fingerprint density at radius 2 is 1.76 bits per heavy atom. The van der Waals surface area contributed by atoms with Crippen LogP contribution in [-0.4, -0.2) is 17.7 Å². The molecule has 1 aliphatic rings. The van der Waals surface area contributed by atoms with Crippen LogP contribution in [0.3, 0.4) is 0 Å². The maximum atomic E-state index is 11.9. The maximum absolute atomic E-state index is 11.9. The van der Waals surface area contributed by atoms with E-state index in [0.717, 1.165) is 59.2 Å². The Kier molecular flexibility index (Phi) is 4.66. The van der Waals surface area contributed by atoms with Gasteiger partial charge in [-0.15, -0.1) is 11.3 Å². The number of aldehydes is 1. The molecule has 2 heterocycles. The van der Waals surface area contributed by atoms with E-state index >= 15 is 0 Å². The number of hydrogen-bond donors (Lipinski definition) is 1. The SMILES string of the molecule is Nc1sc2c(c1-c1c(C=O)ccc3ccccc13)CCN(Cc1ccccc1)C2. The number of thiophene rings is 1. The summed E-state index contributed by atoms with van der Waals surface area (Å²) in [6, 6.07) is 22.7. The van der Waals surface area contributed by atoms with Crippen LogP contribution in [0.15, 0.2) is 66.7 Å². The van der Waals surface area contributed by atoms with Crippen LogP contribution in [0.2, 0.25) is 0 Å². The van der Waals surface area contributed by atoms with E-state index in [-0.39, 0.29) is 0 Å². The number of benzene rings is 3. The first-order valence-corrected chi connectivity index (χ1v) is 10.7. The number of anilines is 1. The summed E-state index contributed by atoms with van der Waals surface area (Å²) in [4.78, 5) is 15.7. The molecular formula is C25H22N2OS. The molecular weight excluding hydrogens is 376 g/mol. The van der Waals surface area contributed by atoms with Gasteiger partial charge < -0.3 is 5.73 Å². The number of nitrogen functional groups attached to an aromatic ring is 1. The van der Waals surface area contributed by atoms with Gasteiger partial charge in [0.15, 0.2) is 6.29 Å². The van der Waals surface area contributed by atoms with Crippen LogP contribution in [0.4, 0.5) is 5.00 Å². The summed E-state index contributed by atoms with van der Waals surface area (Å²) < 4.78 is 0. The second-order valence-electron chi connectivity index (χ2n) is 7.56. The van der Waals surface area contributed by atoms with Crippen molar-refractivity contribution in [3.05, 3.63) is 88.3 Å². The zero-order valence-electron chi connectivity index (χ0n) is 16.1. The lowest BCUT2D eigenvalue weighted by atomic mass is 9.90. The van der Waals surface area contributed by atoms with Gasteiger partial charge in [0.1, 0.15) is 0 Å². The summed E-state index contributed by atoms with van der Waals surface area (Å²) in [5.41, 5.74) is 12.0. The summed E-state index contributed by atoms with van der Waals surface area (Å²) in [5.74, 6) is 0. The van der Waals surface area contributed by atoms with Gasteiger partial charge in [-0.3, -0.25) is 9.69 Å². The van der Waals surface area contributed by atoms with Gasteiger partial charge in [-0.1, -0.05) is 66.7 Å². The number of nitrogens with zero attached hydrogens (tertiary/aromatic N) is 1. The highest BCUT2D eigenvalue weighted by molar-refractivity contribution is 7.16. The van der Waals surface area contributed by atoms with E-state index in [1.54, 1.807) is 11.3 Å². The van der Waals surface area contributed by atoms with E-state index in [1.807, 2.05) is 24.3 Å². The van der Waals surface area contributed by atoms with Crippen molar-refractivity contribution in [2.75, 3.05) is 12.3 Å². The van der Waals surface area contributed by atoms with Gasteiger partial charge in [0.05, 0.1) is 5.00 Å². The molecule has 0 aliphatic carbocycles. The molecule has 0 saturated carbocycles. The largest absolute Gasteiger partial charge is 0.390 e. The van der Waals surface area contributed by atoms with Crippen LogP contribution in [0, 0.1) is 0 Å². The number of hydrogen-bond acceptors (Lipinski definition) is 4. The Bertz CT molecular complexity index is 1200. The molecule has 3 nitrogen and oxygen atoms in total. The molecule has 4 aromatic rings. The van der Waals surface area contributed by atoms with Gasteiger partial charge in [0.25, 0.3) is 0 Å². The average molecular weight is 399 g/mol. The summed E-state index contributed by atoms with van der Waals surface area (Å²) in [6.45, 7) is 2.84.